The minimum atomic E-state index is -0.528. The molecule has 1 amide bonds. The summed E-state index contributed by atoms with van der Waals surface area (Å²) in [6.45, 7) is 5.97. The fourth-order valence-electron chi connectivity index (χ4n) is 2.07. The number of amides is 1. The van der Waals surface area contributed by atoms with E-state index in [1.807, 2.05) is 39.0 Å². The Morgan fingerprint density at radius 2 is 2.16 bits per heavy atom. The molecule has 0 aliphatic carbocycles. The highest BCUT2D eigenvalue weighted by atomic mass is 79.9. The van der Waals surface area contributed by atoms with Crippen molar-refractivity contribution in [1.82, 2.24) is 0 Å². The third kappa shape index (κ3) is 3.28. The number of aliphatic hydroxyl groups excluding tert-OH is 1. The number of hydrogen-bond donors (Lipinski definition) is 1. The normalized spacial score (nSPS) is 19.0. The molecule has 0 spiro atoms. The third-order valence-electron chi connectivity index (χ3n) is 2.88. The van der Waals surface area contributed by atoms with Crippen LogP contribution in [0.15, 0.2) is 22.7 Å². The molecule has 1 N–H and O–H groups in total. The average Bonchev–Trinajstić information content (AvgIpc) is 2.26. The summed E-state index contributed by atoms with van der Waals surface area (Å²) in [7, 11) is 0. The Labute approximate surface area is 121 Å². The summed E-state index contributed by atoms with van der Waals surface area (Å²) in [5, 5.41) is 9.99. The first-order valence-electron chi connectivity index (χ1n) is 6.26. The van der Waals surface area contributed by atoms with Crippen molar-refractivity contribution in [2.45, 2.75) is 38.9 Å². The molecule has 19 heavy (non-hydrogen) atoms. The van der Waals surface area contributed by atoms with Crippen LogP contribution in [0, 0.1) is 0 Å². The van der Waals surface area contributed by atoms with Crippen LogP contribution in [0.1, 0.15) is 38.9 Å². The maximum Gasteiger partial charge on any atom is 0.414 e. The van der Waals surface area contributed by atoms with E-state index in [-0.39, 0.29) is 6.09 Å². The van der Waals surface area contributed by atoms with Crippen LogP contribution < -0.4 is 4.90 Å². The summed E-state index contributed by atoms with van der Waals surface area (Å²) in [5.41, 5.74) is 0.946. The minimum absolute atomic E-state index is 0.376. The lowest BCUT2D eigenvalue weighted by molar-refractivity contribution is 0.0565. The van der Waals surface area contributed by atoms with Crippen molar-refractivity contribution in [3.05, 3.63) is 28.2 Å². The number of halogens is 1. The predicted molar refractivity (Wildman–Crippen MR) is 77.3 cm³/mol. The number of aliphatic hydroxyl groups is 1. The first kappa shape index (κ1) is 14.3. The number of fused-ring (bicyclic) bond motifs is 1. The molecule has 0 radical (unpaired) electrons. The van der Waals surface area contributed by atoms with E-state index < -0.39 is 11.7 Å². The van der Waals surface area contributed by atoms with E-state index in [1.165, 1.54) is 0 Å². The number of carbonyl (C=O) groups is 1. The van der Waals surface area contributed by atoms with Crippen LogP contribution in [0.2, 0.25) is 0 Å². The number of anilines is 1. The second kappa shape index (κ2) is 5.13. The van der Waals surface area contributed by atoms with Crippen LogP contribution in [0.3, 0.4) is 0 Å². The van der Waals surface area contributed by atoms with Gasteiger partial charge in [-0.1, -0.05) is 22.0 Å². The van der Waals surface area contributed by atoms with Crippen molar-refractivity contribution in [3.8, 4) is 0 Å². The Balaban J connectivity index is 2.32. The summed E-state index contributed by atoms with van der Waals surface area (Å²) in [5.74, 6) is 0. The van der Waals surface area contributed by atoms with E-state index in [1.54, 1.807) is 4.90 Å². The zero-order valence-electron chi connectivity index (χ0n) is 11.3. The topological polar surface area (TPSA) is 49.8 Å². The molecule has 0 fully saturated rings. The monoisotopic (exact) mass is 327 g/mol. The summed E-state index contributed by atoms with van der Waals surface area (Å²) in [4.78, 5) is 13.8. The second-order valence-corrected chi connectivity index (χ2v) is 6.56. The van der Waals surface area contributed by atoms with E-state index in [9.17, 15) is 9.90 Å². The van der Waals surface area contributed by atoms with Gasteiger partial charge in [-0.05, 0) is 39.3 Å². The zero-order valence-corrected chi connectivity index (χ0v) is 12.9. The van der Waals surface area contributed by atoms with Gasteiger partial charge in [0.05, 0.1) is 11.8 Å². The van der Waals surface area contributed by atoms with Gasteiger partial charge in [0, 0.05) is 16.6 Å². The molecule has 4 nitrogen and oxygen atoms in total. The highest BCUT2D eigenvalue weighted by Crippen LogP contribution is 2.36. The fraction of sp³-hybridized carbons (Fsp3) is 0.500. The van der Waals surface area contributed by atoms with E-state index in [0.717, 1.165) is 10.0 Å². The maximum atomic E-state index is 12.2. The van der Waals surface area contributed by atoms with E-state index in [4.69, 9.17) is 4.74 Å². The smallest absolute Gasteiger partial charge is 0.414 e. The van der Waals surface area contributed by atoms with Gasteiger partial charge in [0.25, 0.3) is 0 Å². The molecule has 0 saturated carbocycles. The van der Waals surface area contributed by atoms with Gasteiger partial charge in [-0.15, -0.1) is 0 Å². The Bertz CT molecular complexity index is 496. The molecule has 2 rings (SSSR count). The number of nitrogens with zero attached hydrogens (tertiary/aromatic N) is 1. The van der Waals surface area contributed by atoms with Gasteiger partial charge in [0.2, 0.25) is 0 Å². The highest BCUT2D eigenvalue weighted by Gasteiger charge is 2.30. The van der Waals surface area contributed by atoms with Crippen LogP contribution in [0.5, 0.6) is 0 Å². The molecule has 0 bridgehead atoms. The first-order chi connectivity index (χ1) is 8.78. The molecule has 0 saturated heterocycles. The lowest BCUT2D eigenvalue weighted by Crippen LogP contribution is -2.40. The highest BCUT2D eigenvalue weighted by molar-refractivity contribution is 9.10. The van der Waals surface area contributed by atoms with E-state index >= 15 is 0 Å². The SMILES string of the molecule is CC(C)(C)OC(=O)N1CCC(O)c2ccc(Br)cc21. The molecule has 1 aromatic rings. The van der Waals surface area contributed by atoms with E-state index in [2.05, 4.69) is 15.9 Å². The molecule has 0 aromatic heterocycles. The van der Waals surface area contributed by atoms with Crippen molar-refractivity contribution in [2.75, 3.05) is 11.4 Å². The van der Waals surface area contributed by atoms with Gasteiger partial charge in [-0.25, -0.2) is 4.79 Å². The average molecular weight is 328 g/mol. The van der Waals surface area contributed by atoms with Gasteiger partial charge in [-0.3, -0.25) is 4.90 Å². The van der Waals surface area contributed by atoms with Crippen LogP contribution in [-0.2, 0) is 4.74 Å². The summed E-state index contributed by atoms with van der Waals surface area (Å²) < 4.78 is 6.27. The Morgan fingerprint density at radius 3 is 2.79 bits per heavy atom. The Kier molecular flexibility index (Phi) is 3.87. The lowest BCUT2D eigenvalue weighted by Gasteiger charge is -2.33. The predicted octanol–water partition coefficient (Wildman–Crippen LogP) is 3.63. The quantitative estimate of drug-likeness (QED) is 0.791. The number of rotatable bonds is 0. The molecule has 5 heteroatoms. The second-order valence-electron chi connectivity index (χ2n) is 5.64. The van der Waals surface area contributed by atoms with Crippen molar-refractivity contribution < 1.29 is 14.6 Å². The number of benzene rings is 1. The van der Waals surface area contributed by atoms with Gasteiger partial charge in [0.1, 0.15) is 5.60 Å². The van der Waals surface area contributed by atoms with Gasteiger partial charge in [0.15, 0.2) is 0 Å². The van der Waals surface area contributed by atoms with Crippen molar-refractivity contribution in [1.29, 1.82) is 0 Å². The van der Waals surface area contributed by atoms with Crippen LogP contribution in [0.25, 0.3) is 0 Å². The Morgan fingerprint density at radius 1 is 1.47 bits per heavy atom. The van der Waals surface area contributed by atoms with Crippen molar-refractivity contribution >= 4 is 27.7 Å². The first-order valence-corrected chi connectivity index (χ1v) is 7.05. The molecule has 1 aliphatic rings. The number of carbonyl (C=O) groups excluding carboxylic acids is 1. The van der Waals surface area contributed by atoms with Gasteiger partial charge < -0.3 is 9.84 Å². The fourth-order valence-corrected chi connectivity index (χ4v) is 2.42. The van der Waals surface area contributed by atoms with Crippen LogP contribution in [0.4, 0.5) is 10.5 Å². The maximum absolute atomic E-state index is 12.2. The van der Waals surface area contributed by atoms with Gasteiger partial charge >= 0.3 is 6.09 Å². The molecule has 104 valence electrons. The number of hydrogen-bond acceptors (Lipinski definition) is 3. The van der Waals surface area contributed by atoms with E-state index in [0.29, 0.717) is 18.7 Å². The molecule has 1 heterocycles. The molecule has 1 aromatic carbocycles. The minimum Gasteiger partial charge on any atom is -0.443 e. The van der Waals surface area contributed by atoms with Crippen LogP contribution >= 0.6 is 15.9 Å². The lowest BCUT2D eigenvalue weighted by atomic mass is 9.99. The van der Waals surface area contributed by atoms with Crippen molar-refractivity contribution in [3.63, 3.8) is 0 Å². The summed E-state index contributed by atoms with van der Waals surface area (Å²) in [6.07, 6.45) is -0.381. The van der Waals surface area contributed by atoms with Crippen molar-refractivity contribution in [2.24, 2.45) is 0 Å². The summed E-state index contributed by atoms with van der Waals surface area (Å²) >= 11 is 3.39. The third-order valence-corrected chi connectivity index (χ3v) is 3.38. The standard InChI is InChI=1S/C14H18BrNO3/c1-14(2,3)19-13(18)16-7-6-12(17)10-5-4-9(15)8-11(10)16/h4-5,8,12,17H,6-7H2,1-3H3. The Hall–Kier alpha value is -1.07. The molecular formula is C14H18BrNO3. The molecule has 1 aliphatic heterocycles. The largest absolute Gasteiger partial charge is 0.443 e. The molecule has 1 unspecified atom stereocenters. The van der Waals surface area contributed by atoms with Crippen LogP contribution in [-0.4, -0.2) is 23.3 Å². The van der Waals surface area contributed by atoms with Gasteiger partial charge in [-0.2, -0.15) is 0 Å². The molecule has 1 atom stereocenters. The zero-order chi connectivity index (χ0) is 14.2. The number of ether oxygens (including phenoxy) is 1. The molecular weight excluding hydrogens is 310 g/mol. The summed E-state index contributed by atoms with van der Waals surface area (Å²) in [6, 6.07) is 5.53.